The second-order valence-corrected chi connectivity index (χ2v) is 5.17. The highest BCUT2D eigenvalue weighted by molar-refractivity contribution is 5.94. The van der Waals surface area contributed by atoms with Crippen molar-refractivity contribution in [3.8, 4) is 0 Å². The van der Waals surface area contributed by atoms with Crippen molar-refractivity contribution in [3.63, 3.8) is 0 Å². The van der Waals surface area contributed by atoms with Crippen LogP contribution in [0, 0.1) is 11.6 Å². The molecule has 1 amide bonds. The molecule has 0 aliphatic carbocycles. The Balaban J connectivity index is 1.75. The van der Waals surface area contributed by atoms with Gasteiger partial charge in [-0.05, 0) is 35.9 Å². The van der Waals surface area contributed by atoms with Crippen LogP contribution >= 0.6 is 0 Å². The summed E-state index contributed by atoms with van der Waals surface area (Å²) in [6.45, 7) is 1.21. The fourth-order valence-electron chi connectivity index (χ4n) is 2.52. The molecule has 0 radical (unpaired) electrons. The Bertz CT molecular complexity index is 673. The summed E-state index contributed by atoms with van der Waals surface area (Å²) in [5.41, 5.74) is 1.14. The molecule has 0 saturated carbocycles. The zero-order valence-electron chi connectivity index (χ0n) is 11.8. The molecule has 5 heteroatoms. The lowest BCUT2D eigenvalue weighted by Crippen LogP contribution is -2.42. The Kier molecular flexibility index (Phi) is 4.15. The quantitative estimate of drug-likeness (QED) is 0.853. The molecule has 22 heavy (non-hydrogen) atoms. The summed E-state index contributed by atoms with van der Waals surface area (Å²) in [6, 6.07) is 11.7. The lowest BCUT2D eigenvalue weighted by Gasteiger charge is -2.33. The van der Waals surface area contributed by atoms with Crippen molar-refractivity contribution in [2.45, 2.75) is 6.10 Å². The molecule has 2 aromatic rings. The number of ether oxygens (including phenoxy) is 1. The van der Waals surface area contributed by atoms with E-state index in [1.165, 1.54) is 30.3 Å². The molecule has 3 rings (SSSR count). The second kappa shape index (κ2) is 6.23. The number of halogens is 2. The first-order valence-electron chi connectivity index (χ1n) is 7.05. The summed E-state index contributed by atoms with van der Waals surface area (Å²) in [4.78, 5) is 14.1. The van der Waals surface area contributed by atoms with E-state index in [1.807, 2.05) is 0 Å². The third-order valence-electron chi connectivity index (χ3n) is 3.67. The van der Waals surface area contributed by atoms with Gasteiger partial charge in [0.05, 0.1) is 13.2 Å². The van der Waals surface area contributed by atoms with Crippen LogP contribution in [0.5, 0.6) is 0 Å². The third kappa shape index (κ3) is 3.14. The van der Waals surface area contributed by atoms with Gasteiger partial charge in [0.2, 0.25) is 0 Å². The number of hydrogen-bond acceptors (Lipinski definition) is 2. The van der Waals surface area contributed by atoms with Crippen molar-refractivity contribution in [2.75, 3.05) is 19.7 Å². The number of nitrogens with zero attached hydrogens (tertiary/aromatic N) is 1. The van der Waals surface area contributed by atoms with Gasteiger partial charge < -0.3 is 9.64 Å². The number of hydrogen-bond donors (Lipinski definition) is 0. The van der Waals surface area contributed by atoms with Crippen LogP contribution in [-0.2, 0) is 4.74 Å². The summed E-state index contributed by atoms with van der Waals surface area (Å²) in [5.74, 6) is -0.976. The van der Waals surface area contributed by atoms with Crippen LogP contribution in [-0.4, -0.2) is 30.5 Å². The molecule has 1 saturated heterocycles. The van der Waals surface area contributed by atoms with E-state index in [4.69, 9.17) is 4.74 Å². The molecule has 1 heterocycles. The van der Waals surface area contributed by atoms with Crippen molar-refractivity contribution < 1.29 is 18.3 Å². The van der Waals surface area contributed by atoms with Crippen molar-refractivity contribution in [2.24, 2.45) is 0 Å². The number of carbonyl (C=O) groups excluding carboxylic acids is 1. The van der Waals surface area contributed by atoms with Crippen LogP contribution < -0.4 is 0 Å². The molecule has 0 spiro atoms. The first-order valence-corrected chi connectivity index (χ1v) is 7.05. The molecule has 1 fully saturated rings. The lowest BCUT2D eigenvalue weighted by molar-refractivity contribution is -0.0228. The van der Waals surface area contributed by atoms with Crippen LogP contribution in [0.4, 0.5) is 8.78 Å². The molecule has 1 unspecified atom stereocenters. The van der Waals surface area contributed by atoms with E-state index in [1.54, 1.807) is 23.1 Å². The standard InChI is InChI=1S/C17H15F2NO2/c18-14-6-4-12(5-7-14)16-11-20(8-9-22-16)17(21)13-2-1-3-15(19)10-13/h1-7,10,16H,8-9,11H2. The fourth-order valence-corrected chi connectivity index (χ4v) is 2.52. The Hall–Kier alpha value is -2.27. The maximum Gasteiger partial charge on any atom is 0.254 e. The van der Waals surface area contributed by atoms with Crippen LogP contribution in [0.1, 0.15) is 22.0 Å². The van der Waals surface area contributed by atoms with Gasteiger partial charge in [0.25, 0.3) is 5.91 Å². The van der Waals surface area contributed by atoms with E-state index >= 15 is 0 Å². The smallest absolute Gasteiger partial charge is 0.254 e. The topological polar surface area (TPSA) is 29.5 Å². The summed E-state index contributed by atoms with van der Waals surface area (Å²) in [7, 11) is 0. The van der Waals surface area contributed by atoms with Gasteiger partial charge >= 0.3 is 0 Å². The SMILES string of the molecule is O=C(c1cccc(F)c1)N1CCOC(c2ccc(F)cc2)C1. The number of rotatable bonds is 2. The number of benzene rings is 2. The van der Waals surface area contributed by atoms with E-state index < -0.39 is 5.82 Å². The van der Waals surface area contributed by atoms with Crippen LogP contribution in [0.25, 0.3) is 0 Å². The summed E-state index contributed by atoms with van der Waals surface area (Å²) >= 11 is 0. The van der Waals surface area contributed by atoms with Crippen LogP contribution in [0.2, 0.25) is 0 Å². The summed E-state index contributed by atoms with van der Waals surface area (Å²) in [6.07, 6.45) is -0.299. The molecular formula is C17H15F2NO2. The van der Waals surface area contributed by atoms with E-state index in [9.17, 15) is 13.6 Å². The Morgan fingerprint density at radius 1 is 1.09 bits per heavy atom. The van der Waals surface area contributed by atoms with E-state index in [-0.39, 0.29) is 17.8 Å². The average molecular weight is 303 g/mol. The first-order chi connectivity index (χ1) is 10.6. The molecular weight excluding hydrogens is 288 g/mol. The zero-order chi connectivity index (χ0) is 15.5. The van der Waals surface area contributed by atoms with Crippen LogP contribution in [0.15, 0.2) is 48.5 Å². The maximum absolute atomic E-state index is 13.2. The van der Waals surface area contributed by atoms with Gasteiger partial charge in [-0.15, -0.1) is 0 Å². The van der Waals surface area contributed by atoms with Gasteiger partial charge in [0.1, 0.15) is 17.7 Å². The van der Waals surface area contributed by atoms with Crippen molar-refractivity contribution in [1.29, 1.82) is 0 Å². The summed E-state index contributed by atoms with van der Waals surface area (Å²) < 4.78 is 31.9. The van der Waals surface area contributed by atoms with Gasteiger partial charge in [0, 0.05) is 12.1 Å². The van der Waals surface area contributed by atoms with Gasteiger partial charge in [-0.25, -0.2) is 8.78 Å². The van der Waals surface area contributed by atoms with E-state index in [0.717, 1.165) is 5.56 Å². The molecule has 1 aliphatic heterocycles. The first kappa shape index (κ1) is 14.7. The molecule has 3 nitrogen and oxygen atoms in total. The minimum atomic E-state index is -0.436. The summed E-state index contributed by atoms with van der Waals surface area (Å²) in [5, 5.41) is 0. The Morgan fingerprint density at radius 3 is 2.59 bits per heavy atom. The molecule has 0 bridgehead atoms. The minimum absolute atomic E-state index is 0.227. The largest absolute Gasteiger partial charge is 0.370 e. The zero-order valence-corrected chi connectivity index (χ0v) is 11.8. The van der Waals surface area contributed by atoms with Gasteiger partial charge in [-0.1, -0.05) is 18.2 Å². The highest BCUT2D eigenvalue weighted by Gasteiger charge is 2.26. The molecule has 2 aromatic carbocycles. The van der Waals surface area contributed by atoms with Gasteiger partial charge in [-0.2, -0.15) is 0 Å². The predicted molar refractivity (Wildman–Crippen MR) is 77.4 cm³/mol. The average Bonchev–Trinajstić information content (AvgIpc) is 2.55. The lowest BCUT2D eigenvalue weighted by atomic mass is 10.1. The monoisotopic (exact) mass is 303 g/mol. The number of amides is 1. The van der Waals surface area contributed by atoms with Crippen molar-refractivity contribution in [3.05, 3.63) is 71.3 Å². The molecule has 0 aromatic heterocycles. The predicted octanol–water partition coefficient (Wildman–Crippen LogP) is 3.18. The Morgan fingerprint density at radius 2 is 1.86 bits per heavy atom. The number of carbonyl (C=O) groups is 1. The van der Waals surface area contributed by atoms with Gasteiger partial charge in [0.15, 0.2) is 0 Å². The highest BCUT2D eigenvalue weighted by atomic mass is 19.1. The number of morpholine rings is 1. The molecule has 0 N–H and O–H groups in total. The molecule has 114 valence electrons. The molecule has 1 aliphatic rings. The van der Waals surface area contributed by atoms with E-state index in [2.05, 4.69) is 0 Å². The van der Waals surface area contributed by atoms with Crippen LogP contribution in [0.3, 0.4) is 0 Å². The van der Waals surface area contributed by atoms with E-state index in [0.29, 0.717) is 25.3 Å². The fraction of sp³-hybridized carbons (Fsp3) is 0.235. The highest BCUT2D eigenvalue weighted by Crippen LogP contribution is 2.23. The van der Waals surface area contributed by atoms with Crippen molar-refractivity contribution >= 4 is 5.91 Å². The third-order valence-corrected chi connectivity index (χ3v) is 3.67. The molecule has 1 atom stereocenters. The van der Waals surface area contributed by atoms with Gasteiger partial charge in [-0.3, -0.25) is 4.79 Å². The minimum Gasteiger partial charge on any atom is -0.370 e. The Labute approximate surface area is 127 Å². The second-order valence-electron chi connectivity index (χ2n) is 5.17. The van der Waals surface area contributed by atoms with Crippen molar-refractivity contribution in [1.82, 2.24) is 4.90 Å². The normalized spacial score (nSPS) is 18.3. The maximum atomic E-state index is 13.2.